The van der Waals surface area contributed by atoms with Crippen molar-refractivity contribution in [1.29, 1.82) is 0 Å². The molecule has 0 spiro atoms. The van der Waals surface area contributed by atoms with Crippen molar-refractivity contribution in [3.05, 3.63) is 30.0 Å². The molecule has 0 bridgehead atoms. The second kappa shape index (κ2) is 10.2. The summed E-state index contributed by atoms with van der Waals surface area (Å²) >= 11 is 5.85. The fraction of sp³-hybridized carbons (Fsp3) is 0.654. The highest BCUT2D eigenvalue weighted by Crippen LogP contribution is 2.36. The van der Waals surface area contributed by atoms with Crippen molar-refractivity contribution in [1.82, 2.24) is 4.98 Å². The van der Waals surface area contributed by atoms with Gasteiger partial charge in [0.1, 0.15) is 0 Å². The van der Waals surface area contributed by atoms with E-state index in [-0.39, 0.29) is 18.3 Å². The highest BCUT2D eigenvalue weighted by molar-refractivity contribution is 6.93. The molecule has 1 aromatic carbocycles. The van der Waals surface area contributed by atoms with E-state index in [2.05, 4.69) is 72.7 Å². The van der Waals surface area contributed by atoms with Crippen LogP contribution in [0.3, 0.4) is 0 Å². The van der Waals surface area contributed by atoms with Crippen LogP contribution in [0.25, 0.3) is 10.9 Å². The molecule has 2 aromatic rings. The van der Waals surface area contributed by atoms with Crippen molar-refractivity contribution in [2.75, 3.05) is 5.88 Å². The average Bonchev–Trinajstić information content (AvgIpc) is 2.99. The molecule has 1 aromatic heterocycles. The van der Waals surface area contributed by atoms with E-state index >= 15 is 0 Å². The Morgan fingerprint density at radius 1 is 0.906 bits per heavy atom. The molecule has 0 aliphatic carbocycles. The van der Waals surface area contributed by atoms with E-state index in [1.807, 2.05) is 0 Å². The lowest BCUT2D eigenvalue weighted by molar-refractivity contribution is 0.00578. The third-order valence-electron chi connectivity index (χ3n) is 8.07. The van der Waals surface area contributed by atoms with Crippen LogP contribution >= 0.6 is 11.6 Å². The minimum atomic E-state index is -1.67. The summed E-state index contributed by atoms with van der Waals surface area (Å²) in [5, 5.41) is 2.69. The van der Waals surface area contributed by atoms with Crippen LogP contribution in [0.1, 0.15) is 73.4 Å². The lowest BCUT2D eigenvalue weighted by Gasteiger charge is -2.32. The molecule has 0 radical (unpaired) electrons. The summed E-state index contributed by atoms with van der Waals surface area (Å²) < 4.78 is 12.9. The fourth-order valence-electron chi connectivity index (χ4n) is 4.86. The number of fused-ring (bicyclic) bond motifs is 1. The maximum absolute atomic E-state index is 6.43. The zero-order valence-corrected chi connectivity index (χ0v) is 22.9. The van der Waals surface area contributed by atoms with Crippen LogP contribution in [-0.2, 0) is 15.7 Å². The first-order valence-corrected chi connectivity index (χ1v) is 15.6. The molecule has 2 heterocycles. The third kappa shape index (κ3) is 4.96. The van der Waals surface area contributed by atoms with E-state index in [4.69, 9.17) is 25.9 Å². The number of hydrogen-bond acceptors (Lipinski definition) is 3. The molecule has 0 N–H and O–H groups in total. The van der Waals surface area contributed by atoms with E-state index in [0.29, 0.717) is 0 Å². The van der Waals surface area contributed by atoms with Gasteiger partial charge in [0.05, 0.1) is 24.8 Å². The Labute approximate surface area is 201 Å². The Morgan fingerprint density at radius 2 is 1.53 bits per heavy atom. The van der Waals surface area contributed by atoms with Crippen molar-refractivity contribution < 1.29 is 9.31 Å². The zero-order valence-electron chi connectivity index (χ0n) is 21.2. The molecule has 1 fully saturated rings. The number of alkyl halides is 1. The van der Waals surface area contributed by atoms with Crippen LogP contribution in [0.15, 0.2) is 24.3 Å². The van der Waals surface area contributed by atoms with Crippen LogP contribution in [0.2, 0.25) is 18.1 Å². The van der Waals surface area contributed by atoms with Gasteiger partial charge in [-0.1, -0.05) is 63.5 Å². The van der Waals surface area contributed by atoms with Gasteiger partial charge >= 0.3 is 7.12 Å². The number of aromatic nitrogens is 1. The molecule has 3 rings (SSSR count). The monoisotopic (exact) mass is 473 g/mol. The van der Waals surface area contributed by atoms with Crippen molar-refractivity contribution in [3.8, 4) is 0 Å². The molecule has 32 heavy (non-hydrogen) atoms. The summed E-state index contributed by atoms with van der Waals surface area (Å²) in [5.74, 6) is 0.745. The molecule has 3 nitrogen and oxygen atoms in total. The second-order valence-electron chi connectivity index (χ2n) is 10.4. The molecule has 1 aliphatic heterocycles. The van der Waals surface area contributed by atoms with E-state index in [1.165, 1.54) is 39.9 Å². The van der Waals surface area contributed by atoms with Gasteiger partial charge in [0.2, 0.25) is 0 Å². The van der Waals surface area contributed by atoms with E-state index in [9.17, 15) is 0 Å². The van der Waals surface area contributed by atoms with Gasteiger partial charge in [0, 0.05) is 11.6 Å². The van der Waals surface area contributed by atoms with Gasteiger partial charge in [-0.3, -0.25) is 4.98 Å². The molecule has 1 saturated heterocycles. The highest BCUT2D eigenvalue weighted by Gasteiger charge is 2.52. The van der Waals surface area contributed by atoms with Gasteiger partial charge in [-0.25, -0.2) is 0 Å². The predicted molar refractivity (Wildman–Crippen MR) is 143 cm³/mol. The van der Waals surface area contributed by atoms with Crippen LogP contribution in [0.4, 0.5) is 0 Å². The lowest BCUT2D eigenvalue weighted by Crippen LogP contribution is -2.49. The highest BCUT2D eigenvalue weighted by atomic mass is 35.5. The Bertz CT molecular complexity index is 905. The minimum absolute atomic E-state index is 0.337. The second-order valence-corrected chi connectivity index (χ2v) is 16.0. The molecule has 0 amide bonds. The first kappa shape index (κ1) is 25.7. The number of benzene rings is 1. The van der Waals surface area contributed by atoms with Crippen LogP contribution in [0.5, 0.6) is 0 Å². The summed E-state index contributed by atoms with van der Waals surface area (Å²) in [7, 11) is -2.01. The summed E-state index contributed by atoms with van der Waals surface area (Å²) in [4.78, 5) is 5.23. The van der Waals surface area contributed by atoms with Crippen LogP contribution < -0.4 is 10.6 Å². The third-order valence-corrected chi connectivity index (χ3v) is 13.9. The average molecular weight is 474 g/mol. The first-order valence-electron chi connectivity index (χ1n) is 12.5. The number of halogens is 1. The van der Waals surface area contributed by atoms with Gasteiger partial charge in [-0.2, -0.15) is 0 Å². The van der Waals surface area contributed by atoms with Crippen molar-refractivity contribution in [3.63, 3.8) is 0 Å². The zero-order chi connectivity index (χ0) is 23.6. The van der Waals surface area contributed by atoms with Gasteiger partial charge in [-0.15, -0.1) is 11.6 Å². The molecule has 1 aliphatic rings. The molecule has 0 unspecified atom stereocenters. The van der Waals surface area contributed by atoms with Gasteiger partial charge < -0.3 is 9.31 Å². The Balaban J connectivity index is 2.09. The van der Waals surface area contributed by atoms with Crippen LogP contribution in [0, 0.1) is 0 Å². The number of pyridine rings is 1. The number of nitrogens with zero attached hydrogens (tertiary/aromatic N) is 1. The Morgan fingerprint density at radius 3 is 2.09 bits per heavy atom. The maximum atomic E-state index is 6.43. The standard InChI is InChI=1S/C26H41BClNO2Si/c1-8-32(9-2,10-3)23-19-21(27-30-25(4,5)26(6,7)31-27)18-20-15-16-22(29-24(20)23)14-12-11-13-17-28/h15-16,18-19H,8-14,17H2,1-7H3. The molecule has 0 saturated carbocycles. The summed E-state index contributed by atoms with van der Waals surface area (Å²) in [6, 6.07) is 12.8. The summed E-state index contributed by atoms with van der Waals surface area (Å²) in [6.45, 7) is 15.6. The van der Waals surface area contributed by atoms with Crippen molar-refractivity contribution in [2.24, 2.45) is 0 Å². The quantitative estimate of drug-likeness (QED) is 0.234. The van der Waals surface area contributed by atoms with Crippen molar-refractivity contribution in [2.45, 2.75) is 103 Å². The summed E-state index contributed by atoms with van der Waals surface area (Å²) in [6.07, 6.45) is 4.40. The van der Waals surface area contributed by atoms with E-state index in [0.717, 1.165) is 37.0 Å². The molecule has 6 heteroatoms. The number of hydrogen-bond donors (Lipinski definition) is 0. The minimum Gasteiger partial charge on any atom is -0.399 e. The van der Waals surface area contributed by atoms with Gasteiger partial charge in [0.15, 0.2) is 0 Å². The normalized spacial score (nSPS) is 17.9. The SMILES string of the molecule is CC[Si](CC)(CC)c1cc(B2OC(C)(C)C(C)(C)O2)cc2ccc(CCCCCCl)nc12. The number of aryl methyl sites for hydroxylation is 1. The molecule has 0 atom stereocenters. The molecule has 176 valence electrons. The van der Waals surface area contributed by atoms with Crippen molar-refractivity contribution >= 4 is 48.3 Å². The smallest absolute Gasteiger partial charge is 0.399 e. The van der Waals surface area contributed by atoms with Gasteiger partial charge in [-0.05, 0) is 69.1 Å². The maximum Gasteiger partial charge on any atom is 0.494 e. The van der Waals surface area contributed by atoms with Gasteiger partial charge in [0.25, 0.3) is 0 Å². The number of rotatable bonds is 10. The van der Waals surface area contributed by atoms with E-state index < -0.39 is 8.07 Å². The van der Waals surface area contributed by atoms with Crippen LogP contribution in [-0.4, -0.2) is 37.3 Å². The Hall–Kier alpha value is -0.878. The molecular formula is C26H41BClNO2Si. The lowest BCUT2D eigenvalue weighted by atomic mass is 9.78. The first-order chi connectivity index (χ1) is 15.1. The fourth-order valence-corrected chi connectivity index (χ4v) is 8.86. The summed E-state index contributed by atoms with van der Waals surface area (Å²) in [5.41, 5.74) is 2.86. The van der Waals surface area contributed by atoms with E-state index in [1.54, 1.807) is 0 Å². The largest absolute Gasteiger partial charge is 0.494 e. The Kier molecular flexibility index (Phi) is 8.18. The topological polar surface area (TPSA) is 31.4 Å². The number of unbranched alkanes of at least 4 members (excludes halogenated alkanes) is 2. The predicted octanol–water partition coefficient (Wildman–Crippen LogP) is 6.20. The molecular weight excluding hydrogens is 433 g/mol.